The van der Waals surface area contributed by atoms with Crippen LogP contribution in [0.1, 0.15) is 66.9 Å². The zero-order valence-corrected chi connectivity index (χ0v) is 23.5. The average molecular weight is 602 g/mol. The summed E-state index contributed by atoms with van der Waals surface area (Å²) in [7, 11) is 1.58. The van der Waals surface area contributed by atoms with Gasteiger partial charge in [0.2, 0.25) is 0 Å². The topological polar surface area (TPSA) is 82.0 Å². The number of carbonyl (C=O) groups excluding carboxylic acids is 1. The molecule has 0 saturated carbocycles. The third-order valence-corrected chi connectivity index (χ3v) is 6.31. The van der Waals surface area contributed by atoms with Crippen molar-refractivity contribution in [1.82, 2.24) is 10.4 Å². The molecule has 8 heteroatoms. The Morgan fingerprint density at radius 1 is 1.12 bits per heavy atom. The van der Waals surface area contributed by atoms with Crippen molar-refractivity contribution in [2.45, 2.75) is 64.3 Å². The second-order valence-corrected chi connectivity index (χ2v) is 8.50. The zero-order chi connectivity index (χ0) is 22.9. The molecule has 0 spiro atoms. The van der Waals surface area contributed by atoms with Gasteiger partial charge in [-0.3, -0.25) is 10.2 Å². The quantitative estimate of drug-likeness (QED) is 0.124. The molecular weight excluding hydrogens is 564 g/mol. The van der Waals surface area contributed by atoms with Gasteiger partial charge in [0.15, 0.2) is 17.3 Å². The zero-order valence-electron chi connectivity index (χ0n) is 20.1. The summed E-state index contributed by atoms with van der Waals surface area (Å²) in [4.78, 5) is 12.7. The number of ketones is 1. The van der Waals surface area contributed by atoms with Crippen molar-refractivity contribution in [2.24, 2.45) is 0 Å². The van der Waals surface area contributed by atoms with Crippen molar-refractivity contribution in [1.29, 1.82) is 0 Å². The lowest BCUT2D eigenvalue weighted by Crippen LogP contribution is -2.49. The predicted molar refractivity (Wildman–Crippen MR) is 147 cm³/mol. The minimum atomic E-state index is -0.0494. The molecule has 2 aromatic rings. The van der Waals surface area contributed by atoms with Crippen LogP contribution in [0.15, 0.2) is 36.4 Å². The molecule has 1 unspecified atom stereocenters. The highest BCUT2D eigenvalue weighted by Crippen LogP contribution is 2.36. The largest absolute Gasteiger partial charge is 0.504 e. The van der Waals surface area contributed by atoms with Crippen LogP contribution < -0.4 is 10.2 Å². The molecule has 2 aromatic carbocycles. The molecule has 6 nitrogen and oxygen atoms in total. The molecule has 0 fully saturated rings. The Kier molecular flexibility index (Phi) is 13.8. The van der Waals surface area contributed by atoms with E-state index in [-0.39, 0.29) is 57.3 Å². The number of methoxy groups -OCH3 is 1. The first-order valence-electron chi connectivity index (χ1n) is 11.7. The fourth-order valence-electron chi connectivity index (χ4n) is 4.49. The first-order chi connectivity index (χ1) is 15.5. The Morgan fingerprint density at radius 3 is 2.62 bits per heavy atom. The van der Waals surface area contributed by atoms with E-state index in [0.29, 0.717) is 24.3 Å². The molecule has 3 rings (SSSR count). The first kappa shape index (κ1) is 30.4. The van der Waals surface area contributed by atoms with E-state index in [1.54, 1.807) is 13.2 Å². The van der Waals surface area contributed by atoms with Crippen molar-refractivity contribution in [3.63, 3.8) is 0 Å². The minimum Gasteiger partial charge on any atom is -0.504 e. The number of hydrazine groups is 1. The van der Waals surface area contributed by atoms with Gasteiger partial charge in [-0.05, 0) is 49.4 Å². The molecule has 0 amide bonds. The van der Waals surface area contributed by atoms with Crippen LogP contribution in [0.4, 0.5) is 0 Å². The van der Waals surface area contributed by atoms with Gasteiger partial charge in [0, 0.05) is 31.1 Å². The SMILES string of the molecule is Br.Br.CCCCCCN(NCCC(=O)c1ccccc1OC)C1CCc2c(ccc(O)c2O)C1. The molecule has 1 aliphatic carbocycles. The Labute approximate surface area is 224 Å². The monoisotopic (exact) mass is 600 g/mol. The van der Waals surface area contributed by atoms with E-state index in [2.05, 4.69) is 17.4 Å². The van der Waals surface area contributed by atoms with Crippen LogP contribution in [0.25, 0.3) is 0 Å². The summed E-state index contributed by atoms with van der Waals surface area (Å²) < 4.78 is 5.33. The molecule has 3 N–H and O–H groups in total. The molecule has 0 aliphatic heterocycles. The number of Topliss-reactive ketones (excluding diaryl/α,β-unsaturated/α-hetero) is 1. The normalized spacial score (nSPS) is 14.6. The first-order valence-corrected chi connectivity index (χ1v) is 11.7. The van der Waals surface area contributed by atoms with Crippen molar-refractivity contribution in [2.75, 3.05) is 20.2 Å². The number of carbonyl (C=O) groups is 1. The van der Waals surface area contributed by atoms with Crippen LogP contribution in [0.2, 0.25) is 0 Å². The number of aromatic hydroxyl groups is 2. The highest BCUT2D eigenvalue weighted by Gasteiger charge is 2.27. The minimum absolute atomic E-state index is 0. The van der Waals surface area contributed by atoms with E-state index < -0.39 is 0 Å². The molecule has 0 heterocycles. The Balaban J connectivity index is 0.00000289. The number of halogens is 2. The number of phenols is 2. The number of hydrogen-bond donors (Lipinski definition) is 3. The average Bonchev–Trinajstić information content (AvgIpc) is 2.82. The summed E-state index contributed by atoms with van der Waals surface area (Å²) in [5.41, 5.74) is 6.08. The fraction of sp³-hybridized carbons (Fsp3) is 0.500. The van der Waals surface area contributed by atoms with Gasteiger partial charge >= 0.3 is 0 Å². The summed E-state index contributed by atoms with van der Waals surface area (Å²) in [6.45, 7) is 3.70. The van der Waals surface area contributed by atoms with E-state index in [0.717, 1.165) is 43.4 Å². The van der Waals surface area contributed by atoms with E-state index >= 15 is 0 Å². The van der Waals surface area contributed by atoms with Gasteiger partial charge < -0.3 is 14.9 Å². The van der Waals surface area contributed by atoms with Gasteiger partial charge in [0.25, 0.3) is 0 Å². The fourth-order valence-corrected chi connectivity index (χ4v) is 4.49. The number of phenolic OH excluding ortho intramolecular Hbond substituents is 2. The van der Waals surface area contributed by atoms with Crippen LogP contribution in [-0.2, 0) is 12.8 Å². The Hall–Kier alpha value is -1.61. The lowest BCUT2D eigenvalue weighted by atomic mass is 9.87. The third-order valence-electron chi connectivity index (χ3n) is 6.31. The molecular formula is C26H38Br2N2O4. The molecule has 1 aliphatic rings. The van der Waals surface area contributed by atoms with Crippen molar-refractivity contribution < 1.29 is 19.7 Å². The highest BCUT2D eigenvalue weighted by molar-refractivity contribution is 8.93. The Bertz CT molecular complexity index is 910. The number of hydrogen-bond acceptors (Lipinski definition) is 6. The maximum atomic E-state index is 12.7. The number of para-hydroxylation sites is 1. The maximum Gasteiger partial charge on any atom is 0.167 e. The van der Waals surface area contributed by atoms with E-state index in [1.807, 2.05) is 30.3 Å². The van der Waals surface area contributed by atoms with Crippen LogP contribution >= 0.6 is 34.0 Å². The highest BCUT2D eigenvalue weighted by atomic mass is 79.9. The van der Waals surface area contributed by atoms with Crippen LogP contribution in [0.3, 0.4) is 0 Å². The van der Waals surface area contributed by atoms with E-state index in [1.165, 1.54) is 19.3 Å². The number of rotatable bonds is 12. The smallest absolute Gasteiger partial charge is 0.167 e. The third kappa shape index (κ3) is 7.97. The molecule has 1 atom stereocenters. The van der Waals surface area contributed by atoms with E-state index in [4.69, 9.17) is 4.74 Å². The van der Waals surface area contributed by atoms with Crippen molar-refractivity contribution >= 4 is 39.7 Å². The van der Waals surface area contributed by atoms with Gasteiger partial charge in [0.05, 0.1) is 12.7 Å². The summed E-state index contributed by atoms with van der Waals surface area (Å²) in [5, 5.41) is 22.3. The van der Waals surface area contributed by atoms with E-state index in [9.17, 15) is 15.0 Å². The van der Waals surface area contributed by atoms with Crippen molar-refractivity contribution in [3.8, 4) is 17.2 Å². The molecule has 34 heavy (non-hydrogen) atoms. The van der Waals surface area contributed by atoms with Crippen molar-refractivity contribution in [3.05, 3.63) is 53.1 Å². The van der Waals surface area contributed by atoms with Gasteiger partial charge in [-0.25, -0.2) is 5.01 Å². The number of unbranched alkanes of at least 4 members (excludes halogenated alkanes) is 3. The molecule has 0 bridgehead atoms. The van der Waals surface area contributed by atoms with Crippen LogP contribution in [-0.4, -0.2) is 47.2 Å². The van der Waals surface area contributed by atoms with Gasteiger partial charge in [-0.15, -0.1) is 34.0 Å². The molecule has 190 valence electrons. The lowest BCUT2D eigenvalue weighted by Gasteiger charge is -2.36. The van der Waals surface area contributed by atoms with Gasteiger partial charge in [0.1, 0.15) is 5.75 Å². The standard InChI is InChI=1S/C26H36N2O4.2BrH/c1-3-4-5-8-17-28(20-12-13-21-19(18-20)11-14-24(30)26(21)31)27-16-15-23(29)22-9-6-7-10-25(22)32-2;;/h6-7,9-11,14,20,27,30-31H,3-5,8,12-13,15-18H2,1-2H3;2*1H. The number of benzene rings is 2. The Morgan fingerprint density at radius 2 is 1.88 bits per heavy atom. The maximum absolute atomic E-state index is 12.7. The van der Waals surface area contributed by atoms with Gasteiger partial charge in [-0.2, -0.15) is 0 Å². The summed E-state index contributed by atoms with van der Waals surface area (Å²) in [6, 6.07) is 11.1. The summed E-state index contributed by atoms with van der Waals surface area (Å²) >= 11 is 0. The predicted octanol–water partition coefficient (Wildman–Crippen LogP) is 5.78. The van der Waals surface area contributed by atoms with Crippen LogP contribution in [0, 0.1) is 0 Å². The number of nitrogens with zero attached hydrogens (tertiary/aromatic N) is 1. The summed E-state index contributed by atoms with van der Waals surface area (Å²) in [5.74, 6) is 0.647. The lowest BCUT2D eigenvalue weighted by molar-refractivity contribution is 0.0906. The van der Waals surface area contributed by atoms with Gasteiger partial charge in [-0.1, -0.05) is 44.4 Å². The number of ether oxygens (including phenoxy) is 1. The van der Waals surface area contributed by atoms with Crippen LogP contribution in [0.5, 0.6) is 17.2 Å². The molecule has 0 radical (unpaired) electrons. The molecule has 0 saturated heterocycles. The number of fused-ring (bicyclic) bond motifs is 1. The second kappa shape index (κ2) is 15.4. The summed E-state index contributed by atoms with van der Waals surface area (Å²) in [6.07, 6.45) is 7.53. The second-order valence-electron chi connectivity index (χ2n) is 8.50. The molecule has 0 aromatic heterocycles. The number of nitrogens with one attached hydrogen (secondary N) is 1.